The molecule has 1 N–H and O–H groups in total. The average molecular weight is 181 g/mol. The smallest absolute Gasteiger partial charge is 0.243 e. The van der Waals surface area contributed by atoms with Crippen LogP contribution in [0.5, 0.6) is 0 Å². The van der Waals surface area contributed by atoms with E-state index in [4.69, 9.17) is 4.52 Å². The lowest BCUT2D eigenvalue weighted by molar-refractivity contribution is 0.341. The van der Waals surface area contributed by atoms with Gasteiger partial charge in [0.25, 0.3) is 0 Å². The van der Waals surface area contributed by atoms with Crippen molar-refractivity contribution in [3.05, 3.63) is 11.7 Å². The minimum atomic E-state index is 0.142. The van der Waals surface area contributed by atoms with Crippen molar-refractivity contribution in [3.63, 3.8) is 0 Å². The van der Waals surface area contributed by atoms with E-state index in [2.05, 4.69) is 22.4 Å². The van der Waals surface area contributed by atoms with Gasteiger partial charge in [0.15, 0.2) is 5.82 Å². The van der Waals surface area contributed by atoms with Crippen molar-refractivity contribution in [1.29, 1.82) is 0 Å². The fourth-order valence-corrected chi connectivity index (χ4v) is 1.19. The van der Waals surface area contributed by atoms with Gasteiger partial charge in [-0.2, -0.15) is 4.98 Å². The molecule has 72 valence electrons. The molecule has 1 atom stereocenters. The van der Waals surface area contributed by atoms with Gasteiger partial charge in [-0.1, -0.05) is 12.1 Å². The Morgan fingerprint density at radius 3 is 2.77 bits per heavy atom. The minimum absolute atomic E-state index is 0.142. The molecule has 1 aliphatic rings. The summed E-state index contributed by atoms with van der Waals surface area (Å²) in [5.41, 5.74) is 0.204. The highest BCUT2D eigenvalue weighted by Gasteiger charge is 2.43. The molecule has 1 aromatic heterocycles. The van der Waals surface area contributed by atoms with Crippen molar-refractivity contribution in [2.24, 2.45) is 0 Å². The maximum atomic E-state index is 5.16. The van der Waals surface area contributed by atoms with Gasteiger partial charge in [-0.15, -0.1) is 0 Å². The lowest BCUT2D eigenvalue weighted by Gasteiger charge is -2.02. The molecule has 0 bridgehead atoms. The summed E-state index contributed by atoms with van der Waals surface area (Å²) < 4.78 is 5.16. The Hall–Kier alpha value is -0.900. The molecular formula is C9H15N3O. The maximum Gasteiger partial charge on any atom is 0.243 e. The highest BCUT2D eigenvalue weighted by atomic mass is 16.5. The Morgan fingerprint density at radius 2 is 2.23 bits per heavy atom. The molecule has 0 amide bonds. The van der Waals surface area contributed by atoms with Crippen LogP contribution in [0.25, 0.3) is 0 Å². The van der Waals surface area contributed by atoms with Gasteiger partial charge >= 0.3 is 0 Å². The molecule has 13 heavy (non-hydrogen) atoms. The fourth-order valence-electron chi connectivity index (χ4n) is 1.19. The van der Waals surface area contributed by atoms with E-state index >= 15 is 0 Å². The molecule has 0 radical (unpaired) electrons. The summed E-state index contributed by atoms with van der Waals surface area (Å²) in [6.07, 6.45) is 2.36. The van der Waals surface area contributed by atoms with Crippen molar-refractivity contribution in [1.82, 2.24) is 15.5 Å². The number of aromatic nitrogens is 2. The van der Waals surface area contributed by atoms with Crippen molar-refractivity contribution in [2.45, 2.75) is 38.1 Å². The molecule has 4 heteroatoms. The van der Waals surface area contributed by atoms with Gasteiger partial charge in [-0.3, -0.25) is 0 Å². The largest absolute Gasteiger partial charge is 0.338 e. The third-order valence-electron chi connectivity index (χ3n) is 2.79. The van der Waals surface area contributed by atoms with Crippen molar-refractivity contribution >= 4 is 0 Å². The SMILES string of the molecule is CN[C@@H](C)c1nc(C2(C)CC2)no1. The molecule has 1 aromatic rings. The van der Waals surface area contributed by atoms with E-state index in [1.165, 1.54) is 12.8 Å². The molecule has 2 rings (SSSR count). The van der Waals surface area contributed by atoms with Gasteiger partial charge in [0, 0.05) is 5.41 Å². The van der Waals surface area contributed by atoms with E-state index in [1.54, 1.807) is 0 Å². The van der Waals surface area contributed by atoms with Crippen molar-refractivity contribution in [3.8, 4) is 0 Å². The zero-order valence-electron chi connectivity index (χ0n) is 8.29. The summed E-state index contributed by atoms with van der Waals surface area (Å²) in [4.78, 5) is 4.37. The van der Waals surface area contributed by atoms with Crippen LogP contribution in [0.1, 0.15) is 44.4 Å². The molecular weight excluding hydrogens is 166 g/mol. The van der Waals surface area contributed by atoms with E-state index in [1.807, 2.05) is 14.0 Å². The fraction of sp³-hybridized carbons (Fsp3) is 0.778. The second-order valence-electron chi connectivity index (χ2n) is 4.03. The molecule has 1 saturated carbocycles. The third kappa shape index (κ3) is 1.46. The lowest BCUT2D eigenvalue weighted by atomic mass is 10.1. The average Bonchev–Trinajstić information content (AvgIpc) is 2.72. The van der Waals surface area contributed by atoms with Gasteiger partial charge < -0.3 is 9.84 Å². The first kappa shape index (κ1) is 8.69. The Morgan fingerprint density at radius 1 is 1.54 bits per heavy atom. The van der Waals surface area contributed by atoms with E-state index in [-0.39, 0.29) is 11.5 Å². The third-order valence-corrected chi connectivity index (χ3v) is 2.79. The number of hydrogen-bond acceptors (Lipinski definition) is 4. The van der Waals surface area contributed by atoms with Crippen LogP contribution < -0.4 is 5.32 Å². The second kappa shape index (κ2) is 2.80. The Kier molecular flexibility index (Phi) is 1.87. The normalized spacial score (nSPS) is 21.5. The molecule has 0 aliphatic heterocycles. The highest BCUT2D eigenvalue weighted by Crippen LogP contribution is 2.46. The number of nitrogens with one attached hydrogen (secondary N) is 1. The monoisotopic (exact) mass is 181 g/mol. The predicted octanol–water partition coefficient (Wildman–Crippen LogP) is 1.40. The molecule has 0 unspecified atom stereocenters. The van der Waals surface area contributed by atoms with Crippen LogP contribution in [-0.4, -0.2) is 17.2 Å². The molecule has 0 saturated heterocycles. The van der Waals surface area contributed by atoms with E-state index in [0.29, 0.717) is 5.89 Å². The highest BCUT2D eigenvalue weighted by molar-refractivity contribution is 5.14. The summed E-state index contributed by atoms with van der Waals surface area (Å²) in [6.45, 7) is 4.18. The first-order valence-corrected chi connectivity index (χ1v) is 4.67. The van der Waals surface area contributed by atoms with Gasteiger partial charge in [-0.05, 0) is 26.8 Å². The quantitative estimate of drug-likeness (QED) is 0.765. The van der Waals surface area contributed by atoms with Crippen LogP contribution in [0.3, 0.4) is 0 Å². The van der Waals surface area contributed by atoms with Crippen LogP contribution in [0.4, 0.5) is 0 Å². The van der Waals surface area contributed by atoms with E-state index < -0.39 is 0 Å². The van der Waals surface area contributed by atoms with Crippen LogP contribution in [-0.2, 0) is 5.41 Å². The van der Waals surface area contributed by atoms with E-state index in [0.717, 1.165) is 5.82 Å². The summed E-state index contributed by atoms with van der Waals surface area (Å²) >= 11 is 0. The first-order valence-electron chi connectivity index (χ1n) is 4.67. The summed E-state index contributed by atoms with van der Waals surface area (Å²) in [7, 11) is 1.88. The van der Waals surface area contributed by atoms with Crippen molar-refractivity contribution < 1.29 is 4.52 Å². The predicted molar refractivity (Wildman–Crippen MR) is 48.4 cm³/mol. The topological polar surface area (TPSA) is 51.0 Å². The van der Waals surface area contributed by atoms with Gasteiger partial charge in [0.2, 0.25) is 5.89 Å². The van der Waals surface area contributed by atoms with Crippen LogP contribution in [0.15, 0.2) is 4.52 Å². The summed E-state index contributed by atoms with van der Waals surface area (Å²) in [5, 5.41) is 7.06. The van der Waals surface area contributed by atoms with Crippen LogP contribution in [0, 0.1) is 0 Å². The van der Waals surface area contributed by atoms with E-state index in [9.17, 15) is 0 Å². The Labute approximate surface area is 77.7 Å². The second-order valence-corrected chi connectivity index (χ2v) is 4.03. The van der Waals surface area contributed by atoms with Gasteiger partial charge in [0.1, 0.15) is 0 Å². The number of nitrogens with zero attached hydrogens (tertiary/aromatic N) is 2. The molecule has 0 aromatic carbocycles. The summed E-state index contributed by atoms with van der Waals surface area (Å²) in [5.74, 6) is 1.55. The molecule has 4 nitrogen and oxygen atoms in total. The zero-order chi connectivity index (χ0) is 9.47. The van der Waals surface area contributed by atoms with Crippen LogP contribution >= 0.6 is 0 Å². The van der Waals surface area contributed by atoms with Crippen LogP contribution in [0.2, 0.25) is 0 Å². The Balaban J connectivity index is 2.18. The zero-order valence-corrected chi connectivity index (χ0v) is 8.29. The maximum absolute atomic E-state index is 5.16. The molecule has 0 spiro atoms. The molecule has 1 fully saturated rings. The van der Waals surface area contributed by atoms with Gasteiger partial charge in [-0.25, -0.2) is 0 Å². The molecule has 1 aliphatic carbocycles. The standard InChI is InChI=1S/C9H15N3O/c1-6(10-3)7-11-8(12-13-7)9(2)4-5-9/h6,10H,4-5H2,1-3H3/t6-/m0/s1. The number of hydrogen-bond donors (Lipinski definition) is 1. The van der Waals surface area contributed by atoms with Crippen molar-refractivity contribution in [2.75, 3.05) is 7.05 Å². The number of rotatable bonds is 3. The Bertz CT molecular complexity index is 304. The van der Waals surface area contributed by atoms with Gasteiger partial charge in [0.05, 0.1) is 6.04 Å². The first-order chi connectivity index (χ1) is 6.15. The summed E-state index contributed by atoms with van der Waals surface area (Å²) in [6, 6.07) is 0.142. The minimum Gasteiger partial charge on any atom is -0.338 e. The lowest BCUT2D eigenvalue weighted by Crippen LogP contribution is -2.13. The molecule has 1 heterocycles.